The summed E-state index contributed by atoms with van der Waals surface area (Å²) in [6.45, 7) is 5.54. The van der Waals surface area contributed by atoms with Crippen molar-refractivity contribution in [2.24, 2.45) is 5.92 Å². The molecule has 1 heterocycles. The van der Waals surface area contributed by atoms with Crippen LogP contribution in [0.3, 0.4) is 0 Å². The van der Waals surface area contributed by atoms with E-state index in [-0.39, 0.29) is 24.9 Å². The van der Waals surface area contributed by atoms with Gasteiger partial charge in [0.15, 0.2) is 0 Å². The molecule has 96 valence electrons. The van der Waals surface area contributed by atoms with Gasteiger partial charge in [-0.05, 0) is 55.5 Å². The van der Waals surface area contributed by atoms with E-state index in [0.29, 0.717) is 0 Å². The minimum Gasteiger partial charge on any atom is -0.460 e. The van der Waals surface area contributed by atoms with Gasteiger partial charge in [0.1, 0.15) is 5.60 Å². The van der Waals surface area contributed by atoms with Crippen LogP contribution < -0.4 is 0 Å². The fourth-order valence-corrected chi connectivity index (χ4v) is 2.24. The number of aliphatic hydroxyl groups excluding tert-OH is 1. The van der Waals surface area contributed by atoms with E-state index in [4.69, 9.17) is 4.74 Å². The highest BCUT2D eigenvalue weighted by Crippen LogP contribution is 2.17. The zero-order valence-electron chi connectivity index (χ0n) is 10.6. The zero-order chi connectivity index (χ0) is 12.9. The average molecular weight is 256 g/mol. The monoisotopic (exact) mass is 256 g/mol. The summed E-state index contributed by atoms with van der Waals surface area (Å²) in [7, 11) is 0. The molecule has 1 aromatic rings. The van der Waals surface area contributed by atoms with E-state index in [1.165, 1.54) is 0 Å². The van der Waals surface area contributed by atoms with Crippen molar-refractivity contribution in [3.05, 3.63) is 22.4 Å². The number of esters is 1. The Kier molecular flexibility index (Phi) is 5.15. The maximum atomic E-state index is 11.6. The third-order valence-electron chi connectivity index (χ3n) is 2.24. The van der Waals surface area contributed by atoms with Crippen molar-refractivity contribution in [1.29, 1.82) is 0 Å². The van der Waals surface area contributed by atoms with Gasteiger partial charge >= 0.3 is 5.97 Å². The summed E-state index contributed by atoms with van der Waals surface area (Å²) in [5.74, 6) is -0.300. The molecule has 0 aliphatic rings. The number of ether oxygens (including phenoxy) is 1. The Hall–Kier alpha value is -0.870. The van der Waals surface area contributed by atoms with Crippen LogP contribution in [-0.4, -0.2) is 23.3 Å². The Morgan fingerprint density at radius 1 is 1.53 bits per heavy atom. The first-order valence-corrected chi connectivity index (χ1v) is 6.69. The van der Waals surface area contributed by atoms with Gasteiger partial charge in [-0.15, -0.1) is 0 Å². The highest BCUT2D eigenvalue weighted by molar-refractivity contribution is 7.07. The van der Waals surface area contributed by atoms with Crippen LogP contribution in [0.4, 0.5) is 0 Å². The van der Waals surface area contributed by atoms with Crippen LogP contribution in [0.2, 0.25) is 0 Å². The largest absolute Gasteiger partial charge is 0.460 e. The number of rotatable bonds is 5. The second kappa shape index (κ2) is 6.17. The Labute approximate surface area is 106 Å². The van der Waals surface area contributed by atoms with Crippen molar-refractivity contribution in [3.8, 4) is 0 Å². The maximum absolute atomic E-state index is 11.6. The third kappa shape index (κ3) is 5.84. The molecule has 0 amide bonds. The number of hydrogen-bond donors (Lipinski definition) is 1. The number of carbonyl (C=O) groups excluding carboxylic acids is 1. The van der Waals surface area contributed by atoms with Gasteiger partial charge < -0.3 is 9.84 Å². The lowest BCUT2D eigenvalue weighted by Crippen LogP contribution is -2.26. The van der Waals surface area contributed by atoms with E-state index in [1.807, 2.05) is 37.6 Å². The van der Waals surface area contributed by atoms with E-state index in [9.17, 15) is 9.90 Å². The second-order valence-electron chi connectivity index (χ2n) is 5.17. The molecule has 0 bridgehead atoms. The summed E-state index contributed by atoms with van der Waals surface area (Å²) < 4.78 is 5.24. The van der Waals surface area contributed by atoms with E-state index in [0.717, 1.165) is 12.0 Å². The second-order valence-corrected chi connectivity index (χ2v) is 5.95. The maximum Gasteiger partial charge on any atom is 0.306 e. The number of aliphatic hydroxyl groups is 1. The fraction of sp³-hybridized carbons (Fsp3) is 0.615. The van der Waals surface area contributed by atoms with Gasteiger partial charge in [0.25, 0.3) is 0 Å². The molecule has 0 fully saturated rings. The molecule has 0 aromatic carbocycles. The molecule has 1 aromatic heterocycles. The Balaban J connectivity index is 2.44. The van der Waals surface area contributed by atoms with Gasteiger partial charge in [-0.2, -0.15) is 11.3 Å². The topological polar surface area (TPSA) is 46.5 Å². The van der Waals surface area contributed by atoms with Crippen LogP contribution in [0.25, 0.3) is 0 Å². The van der Waals surface area contributed by atoms with Gasteiger partial charge in [-0.3, -0.25) is 4.79 Å². The van der Waals surface area contributed by atoms with Crippen LogP contribution in [0, 0.1) is 5.92 Å². The molecule has 3 nitrogen and oxygen atoms in total. The molecule has 1 atom stereocenters. The summed E-state index contributed by atoms with van der Waals surface area (Å²) in [4.78, 5) is 11.6. The first-order chi connectivity index (χ1) is 7.90. The van der Waals surface area contributed by atoms with Gasteiger partial charge in [-0.25, -0.2) is 0 Å². The van der Waals surface area contributed by atoms with E-state index < -0.39 is 5.60 Å². The summed E-state index contributed by atoms with van der Waals surface area (Å²) in [5, 5.41) is 13.3. The molecule has 1 N–H and O–H groups in total. The van der Waals surface area contributed by atoms with E-state index in [2.05, 4.69) is 0 Å². The third-order valence-corrected chi connectivity index (χ3v) is 2.97. The average Bonchev–Trinajstić information content (AvgIpc) is 2.66. The SMILES string of the molecule is CC(C)(C)OC(=O)CC(CO)Cc1ccsc1. The molecule has 1 unspecified atom stereocenters. The molecular weight excluding hydrogens is 236 g/mol. The molecule has 1 rings (SSSR count). The van der Waals surface area contributed by atoms with Crippen molar-refractivity contribution in [2.75, 3.05) is 6.61 Å². The van der Waals surface area contributed by atoms with Crippen molar-refractivity contribution < 1.29 is 14.6 Å². The first-order valence-electron chi connectivity index (χ1n) is 5.74. The van der Waals surface area contributed by atoms with E-state index >= 15 is 0 Å². The molecule has 0 spiro atoms. The van der Waals surface area contributed by atoms with Gasteiger partial charge in [-0.1, -0.05) is 0 Å². The normalized spacial score (nSPS) is 13.4. The fourth-order valence-electron chi connectivity index (χ4n) is 1.56. The smallest absolute Gasteiger partial charge is 0.306 e. The molecular formula is C13H20O3S. The molecule has 0 saturated heterocycles. The van der Waals surface area contributed by atoms with Crippen molar-refractivity contribution in [3.63, 3.8) is 0 Å². The van der Waals surface area contributed by atoms with Crippen LogP contribution in [0.15, 0.2) is 16.8 Å². The summed E-state index contributed by atoms with van der Waals surface area (Å²) in [6.07, 6.45) is 0.989. The molecule has 0 saturated carbocycles. The van der Waals surface area contributed by atoms with Gasteiger partial charge in [0, 0.05) is 6.61 Å². The summed E-state index contributed by atoms with van der Waals surface area (Å²) in [6, 6.07) is 2.02. The van der Waals surface area contributed by atoms with Gasteiger partial charge in [0.2, 0.25) is 0 Å². The van der Waals surface area contributed by atoms with Crippen LogP contribution in [0.5, 0.6) is 0 Å². The summed E-state index contributed by atoms with van der Waals surface area (Å²) >= 11 is 1.62. The lowest BCUT2D eigenvalue weighted by atomic mass is 9.99. The molecule has 0 aliphatic carbocycles. The number of carbonyl (C=O) groups is 1. The lowest BCUT2D eigenvalue weighted by Gasteiger charge is -2.21. The van der Waals surface area contributed by atoms with Crippen molar-refractivity contribution in [2.45, 2.75) is 39.2 Å². The first kappa shape index (κ1) is 14.2. The highest BCUT2D eigenvalue weighted by atomic mass is 32.1. The zero-order valence-corrected chi connectivity index (χ0v) is 11.4. The predicted octanol–water partition coefficient (Wildman–Crippen LogP) is 2.63. The number of thiophene rings is 1. The van der Waals surface area contributed by atoms with Crippen molar-refractivity contribution in [1.82, 2.24) is 0 Å². The molecule has 0 aliphatic heterocycles. The quantitative estimate of drug-likeness (QED) is 0.824. The Morgan fingerprint density at radius 2 is 2.24 bits per heavy atom. The molecule has 17 heavy (non-hydrogen) atoms. The van der Waals surface area contributed by atoms with Crippen molar-refractivity contribution >= 4 is 17.3 Å². The Bertz CT molecular complexity index is 338. The van der Waals surface area contributed by atoms with Gasteiger partial charge in [0.05, 0.1) is 6.42 Å². The highest BCUT2D eigenvalue weighted by Gasteiger charge is 2.20. The minimum atomic E-state index is -0.459. The molecule has 4 heteroatoms. The standard InChI is InChI=1S/C13H20O3S/c1-13(2,3)16-12(15)7-11(8-14)6-10-4-5-17-9-10/h4-5,9,11,14H,6-8H2,1-3H3. The summed E-state index contributed by atoms with van der Waals surface area (Å²) in [5.41, 5.74) is 0.706. The predicted molar refractivity (Wildman–Crippen MR) is 69.1 cm³/mol. The van der Waals surface area contributed by atoms with E-state index in [1.54, 1.807) is 11.3 Å². The lowest BCUT2D eigenvalue weighted by molar-refractivity contribution is -0.156. The van der Waals surface area contributed by atoms with Crippen LogP contribution in [0.1, 0.15) is 32.8 Å². The molecule has 0 radical (unpaired) electrons. The van der Waals surface area contributed by atoms with Crippen LogP contribution >= 0.6 is 11.3 Å². The Morgan fingerprint density at radius 3 is 2.71 bits per heavy atom. The minimum absolute atomic E-state index is 0.00902. The number of hydrogen-bond acceptors (Lipinski definition) is 4. The van der Waals surface area contributed by atoms with Crippen LogP contribution in [-0.2, 0) is 16.0 Å².